The van der Waals surface area contributed by atoms with Crippen molar-refractivity contribution in [3.63, 3.8) is 0 Å². The first kappa shape index (κ1) is 34.4. The fraction of sp³-hybridized carbons (Fsp3) is 0.0526. The normalized spacial score (nSPS) is 13.0. The first-order valence-corrected chi connectivity index (χ1v) is 20.7. The molecule has 0 saturated carbocycles. The molecule has 0 bridgehead atoms. The highest BCUT2D eigenvalue weighted by molar-refractivity contribution is 6.29. The maximum Gasteiger partial charge on any atom is 0.160 e. The first-order valence-electron chi connectivity index (χ1n) is 20.7. The van der Waals surface area contributed by atoms with Crippen LogP contribution in [0.5, 0.6) is 0 Å². The van der Waals surface area contributed by atoms with Gasteiger partial charge in [-0.05, 0) is 92.5 Å². The molecule has 0 aliphatic heterocycles. The molecule has 0 saturated heterocycles. The largest absolute Gasteiger partial charge is 0.456 e. The predicted molar refractivity (Wildman–Crippen MR) is 250 cm³/mol. The van der Waals surface area contributed by atoms with E-state index in [1.165, 1.54) is 33.4 Å². The Balaban J connectivity index is 1.17. The van der Waals surface area contributed by atoms with E-state index in [9.17, 15) is 0 Å². The van der Waals surface area contributed by atoms with E-state index >= 15 is 0 Å². The molecule has 0 fully saturated rings. The average Bonchev–Trinajstić information content (AvgIpc) is 3.95. The third-order valence-corrected chi connectivity index (χ3v) is 12.7. The minimum absolute atomic E-state index is 0.176. The van der Waals surface area contributed by atoms with Crippen molar-refractivity contribution in [3.8, 4) is 44.5 Å². The summed E-state index contributed by atoms with van der Waals surface area (Å²) in [6.45, 7) is 4.69. The fourth-order valence-electron chi connectivity index (χ4n) is 9.82. The Morgan fingerprint density at radius 3 is 1.75 bits per heavy atom. The van der Waals surface area contributed by atoms with Crippen molar-refractivity contribution in [1.82, 2.24) is 0 Å². The topological polar surface area (TPSA) is 29.5 Å². The lowest BCUT2D eigenvalue weighted by molar-refractivity contribution is 0.660. The average molecular weight is 770 g/mol. The van der Waals surface area contributed by atoms with Gasteiger partial charge < -0.3 is 13.7 Å². The quantitative estimate of drug-likeness (QED) is 0.169. The van der Waals surface area contributed by atoms with E-state index in [4.69, 9.17) is 8.83 Å². The number of nitrogens with zero attached hydrogens (tertiary/aromatic N) is 1. The van der Waals surface area contributed by atoms with E-state index < -0.39 is 0 Å². The predicted octanol–water partition coefficient (Wildman–Crippen LogP) is 16.3. The molecule has 0 unspecified atom stereocenters. The molecule has 0 N–H and O–H groups in total. The van der Waals surface area contributed by atoms with Crippen LogP contribution in [-0.2, 0) is 5.41 Å². The summed E-state index contributed by atoms with van der Waals surface area (Å²) in [5.41, 5.74) is 18.4. The van der Waals surface area contributed by atoms with Gasteiger partial charge in [-0.2, -0.15) is 0 Å². The molecule has 1 aliphatic rings. The van der Waals surface area contributed by atoms with Gasteiger partial charge in [-0.15, -0.1) is 0 Å². The summed E-state index contributed by atoms with van der Waals surface area (Å²) in [5, 5.41) is 4.25. The zero-order valence-electron chi connectivity index (χ0n) is 33.3. The highest BCUT2D eigenvalue weighted by Crippen LogP contribution is 2.53. The molecule has 3 heteroatoms. The molecule has 1 aliphatic carbocycles. The van der Waals surface area contributed by atoms with Gasteiger partial charge >= 0.3 is 0 Å². The Labute approximate surface area is 348 Å². The summed E-state index contributed by atoms with van der Waals surface area (Å²) in [6, 6.07) is 71.8. The summed E-state index contributed by atoms with van der Waals surface area (Å²) in [5.74, 6) is 0. The van der Waals surface area contributed by atoms with Crippen molar-refractivity contribution in [2.45, 2.75) is 19.3 Å². The number of furan rings is 2. The van der Waals surface area contributed by atoms with Gasteiger partial charge in [-0.25, -0.2) is 0 Å². The second kappa shape index (κ2) is 13.2. The van der Waals surface area contributed by atoms with Gasteiger partial charge in [0.1, 0.15) is 16.7 Å². The van der Waals surface area contributed by atoms with E-state index in [2.05, 4.69) is 207 Å². The lowest BCUT2D eigenvalue weighted by atomic mass is 9.82. The van der Waals surface area contributed by atoms with Crippen molar-refractivity contribution in [2.24, 2.45) is 0 Å². The molecular formula is C57H39NO2. The Morgan fingerprint density at radius 2 is 0.950 bits per heavy atom. The van der Waals surface area contributed by atoms with Crippen molar-refractivity contribution in [2.75, 3.05) is 4.90 Å². The van der Waals surface area contributed by atoms with Crippen LogP contribution in [0.15, 0.2) is 209 Å². The first-order chi connectivity index (χ1) is 29.5. The van der Waals surface area contributed by atoms with Gasteiger partial charge in [0.25, 0.3) is 0 Å². The van der Waals surface area contributed by atoms with Gasteiger partial charge in [0.05, 0.1) is 11.4 Å². The molecule has 0 amide bonds. The lowest BCUT2D eigenvalue weighted by Crippen LogP contribution is -2.17. The molecule has 0 atom stereocenters. The zero-order valence-corrected chi connectivity index (χ0v) is 33.3. The number of anilines is 3. The minimum atomic E-state index is -0.176. The molecule has 284 valence electrons. The Kier molecular flexibility index (Phi) is 7.58. The van der Waals surface area contributed by atoms with Gasteiger partial charge in [0, 0.05) is 38.2 Å². The van der Waals surface area contributed by atoms with E-state index in [-0.39, 0.29) is 5.41 Å². The Hall–Kier alpha value is -7.62. The lowest BCUT2D eigenvalue weighted by Gasteiger charge is -2.30. The third-order valence-electron chi connectivity index (χ3n) is 12.7. The number of benzene rings is 9. The van der Waals surface area contributed by atoms with Gasteiger partial charge in [0.15, 0.2) is 5.58 Å². The number of hydrogen-bond donors (Lipinski definition) is 0. The summed E-state index contributed by atoms with van der Waals surface area (Å²) in [4.78, 5) is 2.42. The second-order valence-electron chi connectivity index (χ2n) is 16.4. The zero-order chi connectivity index (χ0) is 40.0. The van der Waals surface area contributed by atoms with Gasteiger partial charge in [-0.3, -0.25) is 0 Å². The summed E-state index contributed by atoms with van der Waals surface area (Å²) in [7, 11) is 0. The van der Waals surface area contributed by atoms with Crippen LogP contribution >= 0.6 is 0 Å². The van der Waals surface area contributed by atoms with Crippen molar-refractivity contribution in [3.05, 3.63) is 211 Å². The smallest absolute Gasteiger partial charge is 0.160 e. The molecule has 12 rings (SSSR count). The van der Waals surface area contributed by atoms with Crippen LogP contribution in [0.3, 0.4) is 0 Å². The number of fused-ring (bicyclic) bond motifs is 10. The molecule has 0 radical (unpaired) electrons. The van der Waals surface area contributed by atoms with Gasteiger partial charge in [0.2, 0.25) is 0 Å². The molecule has 60 heavy (non-hydrogen) atoms. The number of rotatable bonds is 6. The second-order valence-corrected chi connectivity index (χ2v) is 16.4. The van der Waals surface area contributed by atoms with Crippen LogP contribution < -0.4 is 4.90 Å². The van der Waals surface area contributed by atoms with Crippen LogP contribution in [-0.4, -0.2) is 0 Å². The standard InChI is InChI=1S/C57H39NO2/c1-57(2)46-22-12-9-20-43(46)44-30-29-40(35-47(44)57)58(48-23-13-10-19-41(48)38-17-7-4-8-18-38)49-32-31-42(39-27-25-37(26-28-39)36-15-5-3-6-16-36)54-55-52(60-56(49)54)34-33-51-53(55)45-21-11-14-24-50(45)59-51/h3-35H,1-2H3. The fourth-order valence-corrected chi connectivity index (χ4v) is 9.82. The number of hydrogen-bond acceptors (Lipinski definition) is 3. The maximum absolute atomic E-state index is 7.24. The summed E-state index contributed by atoms with van der Waals surface area (Å²) in [6.07, 6.45) is 0. The van der Waals surface area contributed by atoms with E-state index in [1.807, 2.05) is 12.1 Å². The van der Waals surface area contributed by atoms with Crippen LogP contribution in [0.25, 0.3) is 88.4 Å². The maximum atomic E-state index is 7.24. The Bertz CT molecular complexity index is 3450. The molecule has 2 heterocycles. The SMILES string of the molecule is CC1(C)c2ccccc2-c2ccc(N(c3ccccc3-c3ccccc3)c3ccc(-c4ccc(-c5ccccc5)cc4)c4c3oc3ccc5oc6ccccc6c5c34)cc21. The summed E-state index contributed by atoms with van der Waals surface area (Å²) < 4.78 is 13.7. The van der Waals surface area contributed by atoms with E-state index in [0.717, 1.165) is 83.2 Å². The molecular weight excluding hydrogens is 731 g/mol. The highest BCUT2D eigenvalue weighted by Gasteiger charge is 2.36. The number of para-hydroxylation sites is 2. The van der Waals surface area contributed by atoms with Crippen molar-refractivity contribution >= 4 is 60.9 Å². The molecule has 9 aromatic carbocycles. The molecule has 3 nitrogen and oxygen atoms in total. The monoisotopic (exact) mass is 769 g/mol. The van der Waals surface area contributed by atoms with E-state index in [1.54, 1.807) is 0 Å². The van der Waals surface area contributed by atoms with Crippen LogP contribution in [0, 0.1) is 0 Å². The van der Waals surface area contributed by atoms with Crippen LogP contribution in [0.2, 0.25) is 0 Å². The van der Waals surface area contributed by atoms with Crippen LogP contribution in [0.4, 0.5) is 17.1 Å². The molecule has 11 aromatic rings. The third kappa shape index (κ3) is 5.15. The Morgan fingerprint density at radius 1 is 0.367 bits per heavy atom. The van der Waals surface area contributed by atoms with Crippen molar-refractivity contribution < 1.29 is 8.83 Å². The molecule has 0 spiro atoms. The molecule has 2 aromatic heterocycles. The summed E-state index contributed by atoms with van der Waals surface area (Å²) >= 11 is 0. The minimum Gasteiger partial charge on any atom is -0.456 e. The van der Waals surface area contributed by atoms with Crippen molar-refractivity contribution in [1.29, 1.82) is 0 Å². The van der Waals surface area contributed by atoms with Gasteiger partial charge in [-0.1, -0.05) is 172 Å². The van der Waals surface area contributed by atoms with E-state index in [0.29, 0.717) is 0 Å². The van der Waals surface area contributed by atoms with Crippen LogP contribution in [0.1, 0.15) is 25.0 Å². The highest BCUT2D eigenvalue weighted by atomic mass is 16.3.